The van der Waals surface area contributed by atoms with Crippen molar-refractivity contribution >= 4 is 11.6 Å². The zero-order valence-electron chi connectivity index (χ0n) is 11.5. The summed E-state index contributed by atoms with van der Waals surface area (Å²) in [7, 11) is 1.53. The maximum Gasteiger partial charge on any atom is 0.262 e. The molecule has 0 fully saturated rings. The van der Waals surface area contributed by atoms with E-state index in [2.05, 4.69) is 5.32 Å². The molecule has 2 aromatic carbocycles. The third-order valence-corrected chi connectivity index (χ3v) is 2.75. The summed E-state index contributed by atoms with van der Waals surface area (Å²) in [5.41, 5.74) is 0.872. The van der Waals surface area contributed by atoms with E-state index >= 15 is 0 Å². The molecule has 2 rings (SSSR count). The summed E-state index contributed by atoms with van der Waals surface area (Å²) >= 11 is 0. The summed E-state index contributed by atoms with van der Waals surface area (Å²) in [5.74, 6) is 0.704. The van der Waals surface area contributed by atoms with Crippen LogP contribution in [0.3, 0.4) is 0 Å². The molecular weight excluding hydrogens is 268 g/mol. The number of methoxy groups -OCH3 is 1. The second-order valence-corrected chi connectivity index (χ2v) is 4.15. The summed E-state index contributed by atoms with van der Waals surface area (Å²) in [6, 6.07) is 15.9. The minimum absolute atomic E-state index is 0.167. The quantitative estimate of drug-likeness (QED) is 0.915. The SMILES string of the molecule is COc1ccccc1OCC(=O)Nc1ccccc1C#N. The topological polar surface area (TPSA) is 71.3 Å². The summed E-state index contributed by atoms with van der Waals surface area (Å²) < 4.78 is 10.5. The molecule has 0 heterocycles. The lowest BCUT2D eigenvalue weighted by molar-refractivity contribution is -0.118. The monoisotopic (exact) mass is 282 g/mol. The fourth-order valence-electron chi connectivity index (χ4n) is 1.76. The minimum Gasteiger partial charge on any atom is -0.493 e. The van der Waals surface area contributed by atoms with Crippen LogP contribution in [-0.4, -0.2) is 19.6 Å². The number of hydrogen-bond donors (Lipinski definition) is 1. The number of nitrogens with one attached hydrogen (secondary N) is 1. The number of carbonyl (C=O) groups is 1. The third kappa shape index (κ3) is 3.74. The highest BCUT2D eigenvalue weighted by Crippen LogP contribution is 2.25. The van der Waals surface area contributed by atoms with Gasteiger partial charge in [-0.25, -0.2) is 0 Å². The van der Waals surface area contributed by atoms with Crippen LogP contribution in [-0.2, 0) is 4.79 Å². The molecule has 0 aliphatic rings. The first-order valence-corrected chi connectivity index (χ1v) is 6.29. The van der Waals surface area contributed by atoms with Gasteiger partial charge in [-0.3, -0.25) is 4.79 Å². The minimum atomic E-state index is -0.344. The lowest BCUT2D eigenvalue weighted by Gasteiger charge is -2.11. The van der Waals surface area contributed by atoms with Crippen molar-refractivity contribution in [3.05, 3.63) is 54.1 Å². The number of ether oxygens (including phenoxy) is 2. The van der Waals surface area contributed by atoms with E-state index in [9.17, 15) is 4.79 Å². The molecule has 0 radical (unpaired) electrons. The average Bonchev–Trinajstić information content (AvgIpc) is 2.53. The van der Waals surface area contributed by atoms with Gasteiger partial charge in [-0.05, 0) is 24.3 Å². The van der Waals surface area contributed by atoms with Gasteiger partial charge in [-0.1, -0.05) is 24.3 Å². The van der Waals surface area contributed by atoms with Crippen molar-refractivity contribution in [2.45, 2.75) is 0 Å². The van der Waals surface area contributed by atoms with Crippen LogP contribution < -0.4 is 14.8 Å². The van der Waals surface area contributed by atoms with Gasteiger partial charge in [0.1, 0.15) is 6.07 Å². The molecule has 0 saturated carbocycles. The number of benzene rings is 2. The molecule has 5 heteroatoms. The Labute approximate surface area is 122 Å². The lowest BCUT2D eigenvalue weighted by atomic mass is 10.2. The molecule has 5 nitrogen and oxygen atoms in total. The second kappa shape index (κ2) is 6.96. The molecular formula is C16H14N2O3. The highest BCUT2D eigenvalue weighted by atomic mass is 16.5. The Morgan fingerprint density at radius 2 is 1.81 bits per heavy atom. The van der Waals surface area contributed by atoms with Crippen LogP contribution in [0.25, 0.3) is 0 Å². The standard InChI is InChI=1S/C16H14N2O3/c1-20-14-8-4-5-9-15(14)21-11-16(19)18-13-7-3-2-6-12(13)10-17/h2-9H,11H2,1H3,(H,18,19). The Hall–Kier alpha value is -3.00. The van der Waals surface area contributed by atoms with E-state index in [4.69, 9.17) is 14.7 Å². The van der Waals surface area contributed by atoms with Crippen molar-refractivity contribution < 1.29 is 14.3 Å². The van der Waals surface area contributed by atoms with Gasteiger partial charge in [-0.15, -0.1) is 0 Å². The lowest BCUT2D eigenvalue weighted by Crippen LogP contribution is -2.20. The van der Waals surface area contributed by atoms with Crippen molar-refractivity contribution in [2.24, 2.45) is 0 Å². The molecule has 1 amide bonds. The zero-order chi connectivity index (χ0) is 15.1. The van der Waals surface area contributed by atoms with Gasteiger partial charge < -0.3 is 14.8 Å². The molecule has 2 aromatic rings. The highest BCUT2D eigenvalue weighted by molar-refractivity contribution is 5.93. The summed E-state index contributed by atoms with van der Waals surface area (Å²) in [6.45, 7) is -0.167. The number of amides is 1. The van der Waals surface area contributed by atoms with Gasteiger partial charge in [0.25, 0.3) is 5.91 Å². The first-order valence-electron chi connectivity index (χ1n) is 6.29. The Morgan fingerprint density at radius 3 is 2.52 bits per heavy atom. The molecule has 0 spiro atoms. The number of nitrogens with zero attached hydrogens (tertiary/aromatic N) is 1. The van der Waals surface area contributed by atoms with Crippen molar-refractivity contribution in [1.29, 1.82) is 5.26 Å². The van der Waals surface area contributed by atoms with Gasteiger partial charge in [0, 0.05) is 0 Å². The van der Waals surface area contributed by atoms with Gasteiger partial charge >= 0.3 is 0 Å². The number of para-hydroxylation sites is 3. The molecule has 106 valence electrons. The second-order valence-electron chi connectivity index (χ2n) is 4.15. The van der Waals surface area contributed by atoms with Crippen molar-refractivity contribution in [3.63, 3.8) is 0 Å². The van der Waals surface area contributed by atoms with Gasteiger partial charge in [0.05, 0.1) is 18.4 Å². The first kappa shape index (κ1) is 14.4. The summed E-state index contributed by atoms with van der Waals surface area (Å²) in [4.78, 5) is 11.9. The van der Waals surface area contributed by atoms with E-state index in [0.717, 1.165) is 0 Å². The molecule has 21 heavy (non-hydrogen) atoms. The van der Waals surface area contributed by atoms with Crippen LogP contribution in [0.4, 0.5) is 5.69 Å². The van der Waals surface area contributed by atoms with Crippen molar-refractivity contribution in [3.8, 4) is 17.6 Å². The highest BCUT2D eigenvalue weighted by Gasteiger charge is 2.09. The Kier molecular flexibility index (Phi) is 4.78. The van der Waals surface area contributed by atoms with Crippen LogP contribution in [0.5, 0.6) is 11.5 Å². The Bertz CT molecular complexity index is 677. The summed E-state index contributed by atoms with van der Waals surface area (Å²) in [6.07, 6.45) is 0. The van der Waals surface area contributed by atoms with Gasteiger partial charge in [0.15, 0.2) is 18.1 Å². The zero-order valence-corrected chi connectivity index (χ0v) is 11.5. The fourth-order valence-corrected chi connectivity index (χ4v) is 1.76. The van der Waals surface area contributed by atoms with E-state index in [1.165, 1.54) is 7.11 Å². The first-order chi connectivity index (χ1) is 10.2. The third-order valence-electron chi connectivity index (χ3n) is 2.75. The van der Waals surface area contributed by atoms with Gasteiger partial charge in [0.2, 0.25) is 0 Å². The number of hydrogen-bond acceptors (Lipinski definition) is 4. The molecule has 0 aliphatic carbocycles. The van der Waals surface area contributed by atoms with E-state index in [1.54, 1.807) is 42.5 Å². The molecule has 0 aromatic heterocycles. The van der Waals surface area contributed by atoms with Crippen LogP contribution in [0.1, 0.15) is 5.56 Å². The largest absolute Gasteiger partial charge is 0.493 e. The molecule has 0 saturated heterocycles. The normalized spacial score (nSPS) is 9.52. The Balaban J connectivity index is 1.98. The fraction of sp³-hybridized carbons (Fsp3) is 0.125. The van der Waals surface area contributed by atoms with Crippen LogP contribution >= 0.6 is 0 Å². The average molecular weight is 282 g/mol. The number of nitriles is 1. The number of rotatable bonds is 5. The van der Waals surface area contributed by atoms with E-state index in [1.807, 2.05) is 12.1 Å². The predicted molar refractivity (Wildman–Crippen MR) is 78.3 cm³/mol. The molecule has 0 bridgehead atoms. The van der Waals surface area contributed by atoms with Crippen molar-refractivity contribution in [2.75, 3.05) is 19.0 Å². The molecule has 0 aliphatic heterocycles. The van der Waals surface area contributed by atoms with Crippen LogP contribution in [0, 0.1) is 11.3 Å². The maximum atomic E-state index is 11.9. The van der Waals surface area contributed by atoms with E-state index < -0.39 is 0 Å². The molecule has 1 N–H and O–H groups in total. The summed E-state index contributed by atoms with van der Waals surface area (Å²) in [5, 5.41) is 11.6. The van der Waals surface area contributed by atoms with Crippen LogP contribution in [0.15, 0.2) is 48.5 Å². The molecule has 0 atom stereocenters. The number of anilines is 1. The van der Waals surface area contributed by atoms with Crippen molar-refractivity contribution in [1.82, 2.24) is 0 Å². The van der Waals surface area contributed by atoms with E-state index in [0.29, 0.717) is 22.7 Å². The smallest absolute Gasteiger partial charge is 0.262 e. The van der Waals surface area contributed by atoms with Gasteiger partial charge in [-0.2, -0.15) is 5.26 Å². The van der Waals surface area contributed by atoms with E-state index in [-0.39, 0.29) is 12.5 Å². The predicted octanol–water partition coefficient (Wildman–Crippen LogP) is 2.58. The molecule has 0 unspecified atom stereocenters. The van der Waals surface area contributed by atoms with Crippen LogP contribution in [0.2, 0.25) is 0 Å². The number of carbonyl (C=O) groups excluding carboxylic acids is 1. The maximum absolute atomic E-state index is 11.9. The Morgan fingerprint density at radius 1 is 1.14 bits per heavy atom.